The number of nitrogens with zero attached hydrogens (tertiary/aromatic N) is 2. The van der Waals surface area contributed by atoms with Crippen molar-refractivity contribution in [1.29, 1.82) is 5.26 Å². The van der Waals surface area contributed by atoms with E-state index in [0.717, 1.165) is 22.5 Å². The molecule has 0 aliphatic carbocycles. The van der Waals surface area contributed by atoms with Gasteiger partial charge < -0.3 is 9.64 Å². The normalized spacial score (nSPS) is 10.0. The smallest absolute Gasteiger partial charge is 0.121 e. The van der Waals surface area contributed by atoms with E-state index in [-0.39, 0.29) is 0 Å². The molecule has 0 radical (unpaired) electrons. The van der Waals surface area contributed by atoms with E-state index >= 15 is 0 Å². The van der Waals surface area contributed by atoms with Crippen molar-refractivity contribution in [2.75, 3.05) is 19.1 Å². The van der Waals surface area contributed by atoms with Crippen molar-refractivity contribution >= 4 is 33.0 Å². The van der Waals surface area contributed by atoms with Crippen molar-refractivity contribution < 1.29 is 4.74 Å². The fourth-order valence-corrected chi connectivity index (χ4v) is 3.31. The van der Waals surface area contributed by atoms with Crippen LogP contribution in [0.4, 0.5) is 5.69 Å². The Hall–Kier alpha value is -1.51. The monoisotopic (exact) mass is 336 g/mol. The first-order chi connectivity index (χ1) is 9.13. The molecule has 2 rings (SSSR count). The summed E-state index contributed by atoms with van der Waals surface area (Å²) in [5.74, 6) is 0.758. The predicted octanol–water partition coefficient (Wildman–Crippen LogP) is 4.03. The summed E-state index contributed by atoms with van der Waals surface area (Å²) in [6.45, 7) is 0.762. The topological polar surface area (TPSA) is 36.3 Å². The highest BCUT2D eigenvalue weighted by Crippen LogP contribution is 2.28. The van der Waals surface area contributed by atoms with Crippen LogP contribution < -0.4 is 9.64 Å². The molecular weight excluding hydrogens is 324 g/mol. The van der Waals surface area contributed by atoms with Gasteiger partial charge in [-0.05, 0) is 34.1 Å². The van der Waals surface area contributed by atoms with E-state index in [0.29, 0.717) is 5.56 Å². The van der Waals surface area contributed by atoms with Crippen LogP contribution in [0.15, 0.2) is 34.1 Å². The number of rotatable bonds is 4. The second-order valence-electron chi connectivity index (χ2n) is 4.08. The van der Waals surface area contributed by atoms with Crippen LogP contribution in [-0.2, 0) is 6.54 Å². The minimum Gasteiger partial charge on any atom is -0.497 e. The molecule has 5 heteroatoms. The minimum atomic E-state index is 0.652. The number of benzene rings is 1. The van der Waals surface area contributed by atoms with Crippen LogP contribution in [0.2, 0.25) is 0 Å². The zero-order valence-electron chi connectivity index (χ0n) is 10.7. The average Bonchev–Trinajstić information content (AvgIpc) is 2.83. The zero-order chi connectivity index (χ0) is 13.8. The lowest BCUT2D eigenvalue weighted by molar-refractivity contribution is 0.415. The fourth-order valence-electron chi connectivity index (χ4n) is 1.80. The van der Waals surface area contributed by atoms with E-state index in [9.17, 15) is 5.26 Å². The summed E-state index contributed by atoms with van der Waals surface area (Å²) in [5, 5.41) is 11.2. The van der Waals surface area contributed by atoms with Gasteiger partial charge in [-0.1, -0.05) is 0 Å². The second kappa shape index (κ2) is 6.09. The van der Waals surface area contributed by atoms with E-state index in [1.54, 1.807) is 30.6 Å². The Morgan fingerprint density at radius 3 is 2.79 bits per heavy atom. The first-order valence-electron chi connectivity index (χ1n) is 5.66. The number of thiophene rings is 1. The van der Waals surface area contributed by atoms with Crippen LogP contribution in [0.1, 0.15) is 10.4 Å². The van der Waals surface area contributed by atoms with Gasteiger partial charge in [0, 0.05) is 27.8 Å². The van der Waals surface area contributed by atoms with Gasteiger partial charge in [0.05, 0.1) is 24.9 Å². The lowest BCUT2D eigenvalue weighted by atomic mass is 10.1. The Bertz CT molecular complexity index is 618. The molecule has 0 fully saturated rings. The molecule has 0 bridgehead atoms. The van der Waals surface area contributed by atoms with Gasteiger partial charge in [-0.3, -0.25) is 0 Å². The summed E-state index contributed by atoms with van der Waals surface area (Å²) in [5.41, 5.74) is 1.53. The highest BCUT2D eigenvalue weighted by atomic mass is 79.9. The molecule has 19 heavy (non-hydrogen) atoms. The Labute approximate surface area is 125 Å². The summed E-state index contributed by atoms with van der Waals surface area (Å²) in [4.78, 5) is 3.29. The van der Waals surface area contributed by atoms with Crippen molar-refractivity contribution in [3.63, 3.8) is 0 Å². The van der Waals surface area contributed by atoms with E-state index in [2.05, 4.69) is 38.3 Å². The molecule has 0 spiro atoms. The van der Waals surface area contributed by atoms with Crippen LogP contribution in [-0.4, -0.2) is 14.2 Å². The lowest BCUT2D eigenvalue weighted by Gasteiger charge is -2.20. The molecule has 2 aromatic rings. The fraction of sp³-hybridized carbons (Fsp3) is 0.214. The molecule has 0 aliphatic rings. The number of nitriles is 1. The molecule has 0 saturated carbocycles. The van der Waals surface area contributed by atoms with E-state index < -0.39 is 0 Å². The van der Waals surface area contributed by atoms with Crippen LogP contribution in [0.5, 0.6) is 5.75 Å². The molecule has 0 amide bonds. The molecule has 0 saturated heterocycles. The standard InChI is InChI=1S/C14H13BrN2OS/c1-17(8-13-5-11(15)9-19-13)14-6-12(18-2)4-3-10(14)7-16/h3-6,9H,8H2,1-2H3. The van der Waals surface area contributed by atoms with Crippen molar-refractivity contribution in [1.82, 2.24) is 0 Å². The molecule has 1 aromatic heterocycles. The summed E-state index contributed by atoms with van der Waals surface area (Å²) < 4.78 is 6.31. The molecule has 98 valence electrons. The Morgan fingerprint density at radius 2 is 2.21 bits per heavy atom. The van der Waals surface area contributed by atoms with Crippen molar-refractivity contribution in [3.8, 4) is 11.8 Å². The van der Waals surface area contributed by atoms with Gasteiger partial charge in [0.2, 0.25) is 0 Å². The number of methoxy groups -OCH3 is 1. The lowest BCUT2D eigenvalue weighted by Crippen LogP contribution is -2.16. The molecule has 0 atom stereocenters. The average molecular weight is 337 g/mol. The molecule has 0 unspecified atom stereocenters. The highest BCUT2D eigenvalue weighted by molar-refractivity contribution is 9.10. The molecular formula is C14H13BrN2OS. The van der Waals surface area contributed by atoms with Gasteiger partial charge in [0.1, 0.15) is 11.8 Å². The van der Waals surface area contributed by atoms with Gasteiger partial charge >= 0.3 is 0 Å². The third-order valence-corrected chi connectivity index (χ3v) is 4.43. The van der Waals surface area contributed by atoms with Gasteiger partial charge in [-0.2, -0.15) is 5.26 Å². The summed E-state index contributed by atoms with van der Waals surface area (Å²) in [7, 11) is 3.60. The molecule has 0 N–H and O–H groups in total. The minimum absolute atomic E-state index is 0.652. The number of hydrogen-bond acceptors (Lipinski definition) is 4. The maximum absolute atomic E-state index is 9.18. The highest BCUT2D eigenvalue weighted by Gasteiger charge is 2.10. The largest absolute Gasteiger partial charge is 0.497 e. The third-order valence-electron chi connectivity index (χ3n) is 2.75. The zero-order valence-corrected chi connectivity index (χ0v) is 13.1. The van der Waals surface area contributed by atoms with Crippen molar-refractivity contribution in [2.24, 2.45) is 0 Å². The Kier molecular flexibility index (Phi) is 4.46. The summed E-state index contributed by atoms with van der Waals surface area (Å²) >= 11 is 5.14. The quantitative estimate of drug-likeness (QED) is 0.845. The summed E-state index contributed by atoms with van der Waals surface area (Å²) in [6.07, 6.45) is 0. The number of hydrogen-bond donors (Lipinski definition) is 0. The second-order valence-corrected chi connectivity index (χ2v) is 5.99. The van der Waals surface area contributed by atoms with Gasteiger partial charge in [-0.15, -0.1) is 11.3 Å². The maximum atomic E-state index is 9.18. The van der Waals surface area contributed by atoms with E-state index in [1.165, 1.54) is 4.88 Å². The third kappa shape index (κ3) is 3.28. The van der Waals surface area contributed by atoms with Gasteiger partial charge in [-0.25, -0.2) is 0 Å². The molecule has 1 heterocycles. The summed E-state index contributed by atoms with van der Waals surface area (Å²) in [6, 6.07) is 9.79. The van der Waals surface area contributed by atoms with Crippen molar-refractivity contribution in [3.05, 3.63) is 44.6 Å². The number of halogens is 1. The van der Waals surface area contributed by atoms with Crippen LogP contribution in [0, 0.1) is 11.3 Å². The van der Waals surface area contributed by atoms with E-state index in [4.69, 9.17) is 4.74 Å². The van der Waals surface area contributed by atoms with Crippen LogP contribution in [0.3, 0.4) is 0 Å². The first-order valence-corrected chi connectivity index (χ1v) is 7.33. The molecule has 1 aromatic carbocycles. The maximum Gasteiger partial charge on any atom is 0.121 e. The van der Waals surface area contributed by atoms with Gasteiger partial charge in [0.25, 0.3) is 0 Å². The van der Waals surface area contributed by atoms with Gasteiger partial charge in [0.15, 0.2) is 0 Å². The molecule has 3 nitrogen and oxygen atoms in total. The molecule has 0 aliphatic heterocycles. The first kappa shape index (κ1) is 13.9. The van der Waals surface area contributed by atoms with Crippen LogP contribution in [0.25, 0.3) is 0 Å². The van der Waals surface area contributed by atoms with Crippen molar-refractivity contribution in [2.45, 2.75) is 6.54 Å². The Balaban J connectivity index is 2.27. The number of ether oxygens (including phenoxy) is 1. The Morgan fingerprint density at radius 1 is 1.42 bits per heavy atom. The predicted molar refractivity (Wildman–Crippen MR) is 81.8 cm³/mol. The van der Waals surface area contributed by atoms with Crippen LogP contribution >= 0.6 is 27.3 Å². The SMILES string of the molecule is COc1ccc(C#N)c(N(C)Cc2cc(Br)cs2)c1. The number of anilines is 1. The van der Waals surface area contributed by atoms with E-state index in [1.807, 2.05) is 13.1 Å².